The van der Waals surface area contributed by atoms with Gasteiger partial charge >= 0.3 is 0 Å². The Hall–Kier alpha value is -3.68. The van der Waals surface area contributed by atoms with E-state index in [2.05, 4.69) is 20.3 Å². The summed E-state index contributed by atoms with van der Waals surface area (Å²) in [6, 6.07) is 5.49. The lowest BCUT2D eigenvalue weighted by Gasteiger charge is -2.07. The van der Waals surface area contributed by atoms with Crippen molar-refractivity contribution in [1.82, 2.24) is 19.5 Å². The second-order valence-corrected chi connectivity index (χ2v) is 6.37. The van der Waals surface area contributed by atoms with Gasteiger partial charge in [0.25, 0.3) is 0 Å². The van der Waals surface area contributed by atoms with Crippen molar-refractivity contribution in [2.45, 2.75) is 20.8 Å². The molecule has 0 saturated carbocycles. The number of anilines is 1. The first-order valence-electron chi connectivity index (χ1n) is 8.75. The molecule has 0 spiro atoms. The minimum Gasteiger partial charge on any atom is -0.454 e. The summed E-state index contributed by atoms with van der Waals surface area (Å²) in [6.07, 6.45) is 6.29. The highest BCUT2D eigenvalue weighted by molar-refractivity contribution is 6.01. The lowest BCUT2D eigenvalue weighted by atomic mass is 10.2. The smallest absolute Gasteiger partial charge is 0.248 e. The molecule has 0 aliphatic carbocycles. The van der Waals surface area contributed by atoms with Gasteiger partial charge in [0.05, 0.1) is 23.8 Å². The number of ether oxygens (including phenoxy) is 2. The van der Waals surface area contributed by atoms with Crippen molar-refractivity contribution in [1.29, 1.82) is 0 Å². The van der Waals surface area contributed by atoms with Crippen molar-refractivity contribution in [3.63, 3.8) is 0 Å². The van der Waals surface area contributed by atoms with Crippen LogP contribution in [-0.2, 0) is 4.79 Å². The van der Waals surface area contributed by atoms with E-state index in [1.54, 1.807) is 18.5 Å². The molecule has 4 rings (SSSR count). The Balaban J connectivity index is 1.43. The van der Waals surface area contributed by atoms with Crippen LogP contribution < -0.4 is 14.8 Å². The molecule has 1 aromatic carbocycles. The van der Waals surface area contributed by atoms with Crippen LogP contribution in [0.15, 0.2) is 36.7 Å². The number of nitrogens with zero attached hydrogens (tertiary/aromatic N) is 4. The first-order valence-corrected chi connectivity index (χ1v) is 8.75. The summed E-state index contributed by atoms with van der Waals surface area (Å²) in [5, 5.41) is 2.75. The fourth-order valence-corrected chi connectivity index (χ4v) is 2.95. The third kappa shape index (κ3) is 3.44. The Labute approximate surface area is 161 Å². The number of imidazole rings is 1. The van der Waals surface area contributed by atoms with Gasteiger partial charge in [0.1, 0.15) is 5.82 Å². The number of fused-ring (bicyclic) bond motifs is 1. The number of nitrogens with one attached hydrogen (secondary N) is 1. The van der Waals surface area contributed by atoms with Crippen molar-refractivity contribution in [2.75, 3.05) is 12.1 Å². The molecule has 3 heterocycles. The highest BCUT2D eigenvalue weighted by Gasteiger charge is 2.13. The zero-order valence-corrected chi connectivity index (χ0v) is 15.8. The van der Waals surface area contributed by atoms with Gasteiger partial charge in [0.15, 0.2) is 11.5 Å². The highest BCUT2D eigenvalue weighted by atomic mass is 16.7. The molecule has 0 saturated heterocycles. The van der Waals surface area contributed by atoms with E-state index in [0.29, 0.717) is 23.1 Å². The van der Waals surface area contributed by atoms with E-state index in [9.17, 15) is 4.79 Å². The molecule has 0 radical (unpaired) electrons. The highest BCUT2D eigenvalue weighted by Crippen LogP contribution is 2.32. The van der Waals surface area contributed by atoms with E-state index in [1.807, 2.05) is 43.5 Å². The molecule has 8 heteroatoms. The Morgan fingerprint density at radius 2 is 1.89 bits per heavy atom. The first kappa shape index (κ1) is 17.7. The Morgan fingerprint density at radius 3 is 2.61 bits per heavy atom. The number of aryl methyl sites for hydroxylation is 2. The van der Waals surface area contributed by atoms with Crippen molar-refractivity contribution in [2.24, 2.45) is 0 Å². The molecular weight excluding hydrogens is 358 g/mol. The van der Waals surface area contributed by atoms with E-state index in [1.165, 1.54) is 6.08 Å². The monoisotopic (exact) mass is 377 g/mol. The SMILES string of the molecule is Cc1nc(C)n(-c2ncc(NC(=O)/C=C/c3ccc4c(c3)OCO4)cn2)c1C. The first-order chi connectivity index (χ1) is 13.5. The fourth-order valence-electron chi connectivity index (χ4n) is 2.95. The third-order valence-corrected chi connectivity index (χ3v) is 4.44. The zero-order chi connectivity index (χ0) is 19.7. The van der Waals surface area contributed by atoms with Crippen LogP contribution >= 0.6 is 0 Å². The molecule has 0 unspecified atom stereocenters. The number of benzene rings is 1. The van der Waals surface area contributed by atoms with E-state index >= 15 is 0 Å². The Morgan fingerprint density at radius 1 is 1.14 bits per heavy atom. The van der Waals surface area contributed by atoms with Crippen LogP contribution in [0.25, 0.3) is 12.0 Å². The number of carbonyl (C=O) groups excluding carboxylic acids is 1. The molecule has 0 fully saturated rings. The molecule has 1 amide bonds. The standard InChI is InChI=1S/C20H19N5O3/c1-12-13(2)25(14(3)23-12)20-21-9-16(10-22-20)24-19(26)7-5-15-4-6-17-18(8-15)28-11-27-17/h4-10H,11H2,1-3H3,(H,24,26)/b7-5+. The molecule has 1 N–H and O–H groups in total. The Bertz CT molecular complexity index is 1070. The molecule has 8 nitrogen and oxygen atoms in total. The summed E-state index contributed by atoms with van der Waals surface area (Å²) in [5.41, 5.74) is 3.27. The van der Waals surface area contributed by atoms with Crippen molar-refractivity contribution < 1.29 is 14.3 Å². The average molecular weight is 377 g/mol. The van der Waals surface area contributed by atoms with Crippen LogP contribution in [0.3, 0.4) is 0 Å². The van der Waals surface area contributed by atoms with Gasteiger partial charge in [-0.1, -0.05) is 6.07 Å². The van der Waals surface area contributed by atoms with Gasteiger partial charge in [0.2, 0.25) is 18.6 Å². The molecule has 28 heavy (non-hydrogen) atoms. The van der Waals surface area contributed by atoms with Crippen LogP contribution in [0, 0.1) is 20.8 Å². The van der Waals surface area contributed by atoms with Crippen molar-refractivity contribution in [3.05, 3.63) is 59.4 Å². The summed E-state index contributed by atoms with van der Waals surface area (Å²) >= 11 is 0. The van der Waals surface area contributed by atoms with Gasteiger partial charge < -0.3 is 14.8 Å². The predicted molar refractivity (Wildman–Crippen MR) is 104 cm³/mol. The molecule has 0 bridgehead atoms. The quantitative estimate of drug-likeness (QED) is 0.703. The number of amides is 1. The molecular formula is C20H19N5O3. The van der Waals surface area contributed by atoms with Crippen molar-refractivity contribution in [3.8, 4) is 17.4 Å². The summed E-state index contributed by atoms with van der Waals surface area (Å²) in [5.74, 6) is 2.44. The van der Waals surface area contributed by atoms with Crippen molar-refractivity contribution >= 4 is 17.7 Å². The fraction of sp³-hybridized carbons (Fsp3) is 0.200. The van der Waals surface area contributed by atoms with E-state index in [-0.39, 0.29) is 12.7 Å². The lowest BCUT2D eigenvalue weighted by Crippen LogP contribution is -2.10. The van der Waals surface area contributed by atoms with Crippen LogP contribution in [0.2, 0.25) is 0 Å². The van der Waals surface area contributed by atoms with Crippen LogP contribution in [-0.4, -0.2) is 32.2 Å². The number of carbonyl (C=O) groups is 1. The number of aromatic nitrogens is 4. The Kier molecular flexibility index (Phi) is 4.52. The molecule has 1 aliphatic rings. The zero-order valence-electron chi connectivity index (χ0n) is 15.8. The normalized spacial score (nSPS) is 12.5. The molecule has 142 valence electrons. The van der Waals surface area contributed by atoms with E-state index < -0.39 is 0 Å². The van der Waals surface area contributed by atoms with Crippen LogP contribution in [0.5, 0.6) is 11.5 Å². The summed E-state index contributed by atoms with van der Waals surface area (Å²) in [6.45, 7) is 6.03. The van der Waals surface area contributed by atoms with E-state index in [0.717, 1.165) is 22.8 Å². The summed E-state index contributed by atoms with van der Waals surface area (Å²) in [4.78, 5) is 25.3. The summed E-state index contributed by atoms with van der Waals surface area (Å²) in [7, 11) is 0. The maximum absolute atomic E-state index is 12.2. The van der Waals surface area contributed by atoms with E-state index in [4.69, 9.17) is 9.47 Å². The second kappa shape index (κ2) is 7.15. The second-order valence-electron chi connectivity index (χ2n) is 6.37. The van der Waals surface area contributed by atoms with Gasteiger partial charge in [0, 0.05) is 11.8 Å². The maximum atomic E-state index is 12.2. The minimum absolute atomic E-state index is 0.219. The lowest BCUT2D eigenvalue weighted by molar-refractivity contribution is -0.111. The molecule has 2 aromatic heterocycles. The average Bonchev–Trinajstić information content (AvgIpc) is 3.24. The maximum Gasteiger partial charge on any atom is 0.248 e. The minimum atomic E-state index is -0.278. The van der Waals surface area contributed by atoms with Gasteiger partial charge in [-0.25, -0.2) is 15.0 Å². The topological polar surface area (TPSA) is 91.2 Å². The number of hydrogen-bond acceptors (Lipinski definition) is 6. The number of hydrogen-bond donors (Lipinski definition) is 1. The van der Waals surface area contributed by atoms with Gasteiger partial charge in [-0.2, -0.15) is 0 Å². The predicted octanol–water partition coefficient (Wildman–Crippen LogP) is 2.97. The van der Waals surface area contributed by atoms with Gasteiger partial charge in [-0.15, -0.1) is 0 Å². The largest absolute Gasteiger partial charge is 0.454 e. The molecule has 3 aromatic rings. The van der Waals surface area contributed by atoms with Crippen LogP contribution in [0.1, 0.15) is 22.8 Å². The molecule has 1 aliphatic heterocycles. The molecule has 0 atom stereocenters. The van der Waals surface area contributed by atoms with Crippen LogP contribution in [0.4, 0.5) is 5.69 Å². The summed E-state index contributed by atoms with van der Waals surface area (Å²) < 4.78 is 12.5. The van der Waals surface area contributed by atoms with Gasteiger partial charge in [-0.3, -0.25) is 9.36 Å². The van der Waals surface area contributed by atoms with Gasteiger partial charge in [-0.05, 0) is 44.5 Å². The third-order valence-electron chi connectivity index (χ3n) is 4.44. The number of rotatable bonds is 4.